The number of piperazine rings is 1. The van der Waals surface area contributed by atoms with Gasteiger partial charge in [0.05, 0.1) is 30.6 Å². The fraction of sp³-hybridized carbons (Fsp3) is 0.385. The van der Waals surface area contributed by atoms with E-state index in [0.717, 1.165) is 49.5 Å². The van der Waals surface area contributed by atoms with Crippen molar-refractivity contribution in [3.8, 4) is 0 Å². The van der Waals surface area contributed by atoms with Crippen molar-refractivity contribution >= 4 is 29.6 Å². The summed E-state index contributed by atoms with van der Waals surface area (Å²) >= 11 is 0. The first-order valence-electron chi connectivity index (χ1n) is 12.2. The van der Waals surface area contributed by atoms with Gasteiger partial charge in [-0.2, -0.15) is 0 Å². The monoisotopic (exact) mass is 508 g/mol. The number of nitrogens with zero attached hydrogens (tertiary/aromatic N) is 7. The maximum absolute atomic E-state index is 13.9. The van der Waals surface area contributed by atoms with E-state index in [1.54, 1.807) is 36.3 Å². The molecule has 0 radical (unpaired) electrons. The topological polar surface area (TPSA) is 89.8 Å². The Morgan fingerprint density at radius 3 is 2.54 bits per heavy atom. The SMILES string of the molecule is Cc1c(N(C)CN(C)C=O)ncn1CC(=O)Nc1ccc(N2CCN(Cc3ccccc3F)CC2)cn1. The zero-order valence-electron chi connectivity index (χ0n) is 21.5. The standard InChI is InChI=1S/C26H33FN8O2/c1-20-26(32(3)18-31(2)19-36)29-17-35(20)16-25(37)30-24-9-8-22(14-28-24)34-12-10-33(11-13-34)15-21-6-4-5-7-23(21)27/h4-9,14,17,19H,10-13,15-16,18H2,1-3H3,(H,28,30,37). The summed E-state index contributed by atoms with van der Waals surface area (Å²) in [6.07, 6.45) is 4.13. The number of rotatable bonds is 10. The summed E-state index contributed by atoms with van der Waals surface area (Å²) in [5.41, 5.74) is 2.54. The van der Waals surface area contributed by atoms with Crippen LogP contribution in [0, 0.1) is 12.7 Å². The van der Waals surface area contributed by atoms with Crippen molar-refractivity contribution in [2.45, 2.75) is 20.0 Å². The van der Waals surface area contributed by atoms with Crippen LogP contribution in [0.4, 0.5) is 21.7 Å². The lowest BCUT2D eigenvalue weighted by Crippen LogP contribution is -2.46. The molecule has 0 saturated carbocycles. The van der Waals surface area contributed by atoms with E-state index < -0.39 is 0 Å². The van der Waals surface area contributed by atoms with Crippen molar-refractivity contribution in [2.24, 2.45) is 0 Å². The van der Waals surface area contributed by atoms with Crippen LogP contribution in [0.15, 0.2) is 48.9 Å². The summed E-state index contributed by atoms with van der Waals surface area (Å²) in [4.78, 5) is 40.1. The number of anilines is 3. The summed E-state index contributed by atoms with van der Waals surface area (Å²) in [6.45, 7) is 6.29. The molecule has 0 atom stereocenters. The molecule has 0 bridgehead atoms. The number of nitrogens with one attached hydrogen (secondary N) is 1. The molecule has 1 aromatic carbocycles. The van der Waals surface area contributed by atoms with Crippen molar-refractivity contribution in [2.75, 3.05) is 62.1 Å². The minimum atomic E-state index is -0.207. The van der Waals surface area contributed by atoms with E-state index in [9.17, 15) is 14.0 Å². The number of carbonyl (C=O) groups excluding carboxylic acids is 2. The summed E-state index contributed by atoms with van der Waals surface area (Å²) in [7, 11) is 3.53. The van der Waals surface area contributed by atoms with Crippen LogP contribution in [0.5, 0.6) is 0 Å². The molecule has 2 aromatic heterocycles. The zero-order chi connectivity index (χ0) is 26.4. The Balaban J connectivity index is 1.27. The van der Waals surface area contributed by atoms with Crippen LogP contribution in [0.3, 0.4) is 0 Å². The van der Waals surface area contributed by atoms with Gasteiger partial charge in [-0.3, -0.25) is 14.5 Å². The van der Waals surface area contributed by atoms with Gasteiger partial charge in [-0.15, -0.1) is 0 Å². The van der Waals surface area contributed by atoms with E-state index in [-0.39, 0.29) is 18.3 Å². The van der Waals surface area contributed by atoms with Gasteiger partial charge in [0.25, 0.3) is 0 Å². The second-order valence-corrected chi connectivity index (χ2v) is 9.29. The molecular formula is C26H33FN8O2. The van der Waals surface area contributed by atoms with Gasteiger partial charge in [-0.25, -0.2) is 14.4 Å². The molecule has 196 valence electrons. The van der Waals surface area contributed by atoms with Crippen LogP contribution >= 0.6 is 0 Å². The van der Waals surface area contributed by atoms with Crippen LogP contribution < -0.4 is 15.1 Å². The Hall–Kier alpha value is -3.99. The number of hydrogen-bond donors (Lipinski definition) is 1. The van der Waals surface area contributed by atoms with E-state index in [2.05, 4.69) is 25.1 Å². The smallest absolute Gasteiger partial charge is 0.245 e. The summed E-state index contributed by atoms with van der Waals surface area (Å²) in [5.74, 6) is 0.819. The van der Waals surface area contributed by atoms with Crippen molar-refractivity contribution in [3.05, 3.63) is 66.0 Å². The molecule has 2 amide bonds. The Bertz CT molecular complexity index is 1210. The molecule has 0 aliphatic carbocycles. The Morgan fingerprint density at radius 2 is 1.86 bits per heavy atom. The maximum atomic E-state index is 13.9. The lowest BCUT2D eigenvalue weighted by Gasteiger charge is -2.36. The summed E-state index contributed by atoms with van der Waals surface area (Å²) in [6, 6.07) is 10.7. The van der Waals surface area contributed by atoms with Crippen molar-refractivity contribution < 1.29 is 14.0 Å². The molecule has 1 N–H and O–H groups in total. The van der Waals surface area contributed by atoms with Crippen LogP contribution in [0.2, 0.25) is 0 Å². The lowest BCUT2D eigenvalue weighted by atomic mass is 10.2. The molecule has 0 spiro atoms. The highest BCUT2D eigenvalue weighted by atomic mass is 19.1. The Labute approximate surface area is 216 Å². The highest BCUT2D eigenvalue weighted by molar-refractivity contribution is 5.89. The van der Waals surface area contributed by atoms with Crippen LogP contribution in [-0.4, -0.2) is 83.6 Å². The molecule has 4 rings (SSSR count). The molecule has 1 fully saturated rings. The van der Waals surface area contributed by atoms with Crippen molar-refractivity contribution in [3.63, 3.8) is 0 Å². The van der Waals surface area contributed by atoms with E-state index in [0.29, 0.717) is 24.8 Å². The quantitative estimate of drug-likeness (QED) is 0.332. The van der Waals surface area contributed by atoms with Gasteiger partial charge in [-0.1, -0.05) is 18.2 Å². The molecule has 3 heterocycles. The van der Waals surface area contributed by atoms with E-state index in [4.69, 9.17) is 0 Å². The van der Waals surface area contributed by atoms with Crippen LogP contribution in [0.1, 0.15) is 11.3 Å². The second kappa shape index (κ2) is 11.8. The van der Waals surface area contributed by atoms with Crippen LogP contribution in [-0.2, 0) is 22.7 Å². The Kier molecular flexibility index (Phi) is 8.34. The molecule has 0 unspecified atom stereocenters. The van der Waals surface area contributed by atoms with Crippen molar-refractivity contribution in [1.29, 1.82) is 0 Å². The lowest BCUT2D eigenvalue weighted by molar-refractivity contribution is -0.117. The number of amides is 2. The van der Waals surface area contributed by atoms with E-state index >= 15 is 0 Å². The predicted molar refractivity (Wildman–Crippen MR) is 141 cm³/mol. The van der Waals surface area contributed by atoms with Gasteiger partial charge in [0.2, 0.25) is 12.3 Å². The number of benzene rings is 1. The maximum Gasteiger partial charge on any atom is 0.245 e. The molecule has 1 saturated heterocycles. The summed E-state index contributed by atoms with van der Waals surface area (Å²) < 4.78 is 15.7. The van der Waals surface area contributed by atoms with Gasteiger partial charge < -0.3 is 24.6 Å². The van der Waals surface area contributed by atoms with Gasteiger partial charge in [0.1, 0.15) is 18.2 Å². The molecule has 10 nitrogen and oxygen atoms in total. The minimum Gasteiger partial charge on any atom is -0.368 e. The van der Waals surface area contributed by atoms with E-state index in [1.165, 1.54) is 11.0 Å². The number of halogens is 1. The second-order valence-electron chi connectivity index (χ2n) is 9.29. The predicted octanol–water partition coefficient (Wildman–Crippen LogP) is 2.17. The minimum absolute atomic E-state index is 0.101. The third kappa shape index (κ3) is 6.62. The fourth-order valence-electron chi connectivity index (χ4n) is 4.42. The first-order valence-corrected chi connectivity index (χ1v) is 12.2. The Morgan fingerprint density at radius 1 is 1.11 bits per heavy atom. The highest BCUT2D eigenvalue weighted by Crippen LogP contribution is 2.20. The number of aromatic nitrogens is 3. The zero-order valence-corrected chi connectivity index (χ0v) is 21.5. The normalized spacial score (nSPS) is 13.9. The average Bonchev–Trinajstić information content (AvgIpc) is 3.26. The summed E-state index contributed by atoms with van der Waals surface area (Å²) in [5, 5.41) is 2.84. The molecular weight excluding hydrogens is 475 g/mol. The third-order valence-corrected chi connectivity index (χ3v) is 6.47. The fourth-order valence-corrected chi connectivity index (χ4v) is 4.42. The van der Waals surface area contributed by atoms with Crippen LogP contribution in [0.25, 0.3) is 0 Å². The molecule has 11 heteroatoms. The third-order valence-electron chi connectivity index (χ3n) is 6.47. The molecule has 37 heavy (non-hydrogen) atoms. The van der Waals surface area contributed by atoms with Gasteiger partial charge in [-0.05, 0) is 25.1 Å². The first-order chi connectivity index (χ1) is 17.8. The largest absolute Gasteiger partial charge is 0.368 e. The number of imidazole rings is 1. The average molecular weight is 509 g/mol. The highest BCUT2D eigenvalue weighted by Gasteiger charge is 2.19. The number of pyridine rings is 1. The van der Waals surface area contributed by atoms with Crippen molar-refractivity contribution in [1.82, 2.24) is 24.3 Å². The number of hydrogen-bond acceptors (Lipinski definition) is 7. The first kappa shape index (κ1) is 26.1. The van der Waals surface area contributed by atoms with Gasteiger partial charge in [0.15, 0.2) is 5.82 Å². The molecule has 1 aliphatic heterocycles. The van der Waals surface area contributed by atoms with E-state index in [1.807, 2.05) is 37.1 Å². The number of carbonyl (C=O) groups is 2. The molecule has 3 aromatic rings. The van der Waals surface area contributed by atoms with Gasteiger partial charge >= 0.3 is 0 Å². The molecule has 1 aliphatic rings. The van der Waals surface area contributed by atoms with Gasteiger partial charge in [0, 0.05) is 52.4 Å².